The van der Waals surface area contributed by atoms with Crippen LogP contribution in [0.15, 0.2) is 24.3 Å². The van der Waals surface area contributed by atoms with Gasteiger partial charge in [-0.15, -0.1) is 0 Å². The molecule has 0 saturated heterocycles. The highest BCUT2D eigenvalue weighted by Crippen LogP contribution is 2.36. The van der Waals surface area contributed by atoms with Gasteiger partial charge in [-0.1, -0.05) is 51.8 Å². The highest BCUT2D eigenvalue weighted by molar-refractivity contribution is 5.29. The van der Waals surface area contributed by atoms with Gasteiger partial charge in [-0.25, -0.2) is 0 Å². The molecule has 0 aromatic heterocycles. The normalized spacial score (nSPS) is 14.9. The summed E-state index contributed by atoms with van der Waals surface area (Å²) >= 11 is 0. The fraction of sp³-hybridized carbons (Fsp3) is 0.625. The predicted octanol–water partition coefficient (Wildman–Crippen LogP) is 5.14. The van der Waals surface area contributed by atoms with Gasteiger partial charge in [-0.2, -0.15) is 13.2 Å². The van der Waals surface area contributed by atoms with E-state index in [0.29, 0.717) is 5.56 Å². The van der Waals surface area contributed by atoms with Crippen molar-refractivity contribution in [2.75, 3.05) is 6.54 Å². The van der Waals surface area contributed by atoms with Crippen molar-refractivity contribution in [2.24, 2.45) is 11.8 Å². The third-order valence-corrected chi connectivity index (χ3v) is 4.41. The summed E-state index contributed by atoms with van der Waals surface area (Å²) in [4.78, 5) is 10.5. The summed E-state index contributed by atoms with van der Waals surface area (Å²) in [7, 11) is 0. The average Bonchev–Trinajstić information content (AvgIpc) is 2.45. The molecule has 3 nitrogen and oxygen atoms in total. The Morgan fingerprint density at radius 3 is 2.27 bits per heavy atom. The topological polar surface area (TPSA) is 43.1 Å². The van der Waals surface area contributed by atoms with Crippen molar-refractivity contribution in [3.63, 3.8) is 0 Å². The number of nitro groups is 1. The van der Waals surface area contributed by atoms with E-state index in [4.69, 9.17) is 0 Å². The maximum atomic E-state index is 12.9. The van der Waals surface area contributed by atoms with Gasteiger partial charge in [-0.05, 0) is 23.5 Å². The highest BCUT2D eigenvalue weighted by atomic mass is 19.4. The first-order valence-corrected chi connectivity index (χ1v) is 7.49. The maximum Gasteiger partial charge on any atom is 0.416 e. The van der Waals surface area contributed by atoms with Crippen LogP contribution >= 0.6 is 0 Å². The van der Waals surface area contributed by atoms with E-state index in [0.717, 1.165) is 25.0 Å². The lowest BCUT2D eigenvalue weighted by Gasteiger charge is -2.28. The number of nitrogens with zero attached hydrogens (tertiary/aromatic N) is 1. The summed E-state index contributed by atoms with van der Waals surface area (Å²) in [6, 6.07) is 4.93. The van der Waals surface area contributed by atoms with Crippen molar-refractivity contribution in [1.29, 1.82) is 0 Å². The first-order chi connectivity index (χ1) is 10.2. The predicted molar refractivity (Wildman–Crippen MR) is 79.3 cm³/mol. The van der Waals surface area contributed by atoms with E-state index in [9.17, 15) is 23.3 Å². The molecule has 2 unspecified atom stereocenters. The van der Waals surface area contributed by atoms with Crippen LogP contribution in [0.1, 0.15) is 50.7 Å². The van der Waals surface area contributed by atoms with Gasteiger partial charge in [0.25, 0.3) is 0 Å². The van der Waals surface area contributed by atoms with Gasteiger partial charge in [0.15, 0.2) is 0 Å². The maximum absolute atomic E-state index is 12.9. The summed E-state index contributed by atoms with van der Waals surface area (Å²) in [6.07, 6.45) is -2.73. The molecule has 0 saturated carbocycles. The monoisotopic (exact) mass is 317 g/mol. The van der Waals surface area contributed by atoms with Crippen molar-refractivity contribution >= 4 is 0 Å². The minimum atomic E-state index is -4.44. The number of hydrogen-bond donors (Lipinski definition) is 0. The Labute approximate surface area is 128 Å². The van der Waals surface area contributed by atoms with Crippen LogP contribution < -0.4 is 0 Å². The molecule has 2 atom stereocenters. The second-order valence-electron chi connectivity index (χ2n) is 5.68. The highest BCUT2D eigenvalue weighted by Gasteiger charge is 2.33. The SMILES string of the molecule is CCC(CC)C(C)C(C[N+](=O)[O-])c1cccc(C(F)(F)F)c1. The van der Waals surface area contributed by atoms with E-state index >= 15 is 0 Å². The zero-order valence-electron chi connectivity index (χ0n) is 13.1. The lowest BCUT2D eigenvalue weighted by atomic mass is 9.76. The zero-order valence-corrected chi connectivity index (χ0v) is 13.1. The summed E-state index contributed by atoms with van der Waals surface area (Å²) in [5.74, 6) is -0.314. The van der Waals surface area contributed by atoms with Crippen LogP contribution in [0.5, 0.6) is 0 Å². The average molecular weight is 317 g/mol. The molecule has 124 valence electrons. The van der Waals surface area contributed by atoms with Gasteiger partial charge < -0.3 is 0 Å². The molecular weight excluding hydrogens is 295 g/mol. The molecule has 0 heterocycles. The summed E-state index contributed by atoms with van der Waals surface area (Å²) in [5.41, 5.74) is -0.360. The lowest BCUT2D eigenvalue weighted by molar-refractivity contribution is -0.485. The molecule has 0 radical (unpaired) electrons. The van der Waals surface area contributed by atoms with Crippen molar-refractivity contribution in [3.05, 3.63) is 45.5 Å². The third-order valence-electron chi connectivity index (χ3n) is 4.41. The smallest absolute Gasteiger partial charge is 0.265 e. The van der Waals surface area contributed by atoms with E-state index < -0.39 is 22.6 Å². The standard InChI is InChI=1S/C16H22F3NO2/c1-4-12(5-2)11(3)15(10-20(21)22)13-7-6-8-14(9-13)16(17,18)19/h6-9,11-12,15H,4-5,10H2,1-3H3. The molecule has 0 aliphatic heterocycles. The van der Waals surface area contributed by atoms with Crippen LogP contribution in [0.3, 0.4) is 0 Å². The Bertz CT molecular complexity index is 498. The zero-order chi connectivity index (χ0) is 16.9. The van der Waals surface area contributed by atoms with Crippen LogP contribution in [0.4, 0.5) is 13.2 Å². The second-order valence-corrected chi connectivity index (χ2v) is 5.68. The molecule has 0 aliphatic carbocycles. The second kappa shape index (κ2) is 7.61. The summed E-state index contributed by atoms with van der Waals surface area (Å²) in [5, 5.41) is 11.0. The van der Waals surface area contributed by atoms with Crippen molar-refractivity contribution < 1.29 is 18.1 Å². The van der Waals surface area contributed by atoms with Crippen LogP contribution in [-0.4, -0.2) is 11.5 Å². The number of alkyl halides is 3. The molecule has 0 aliphatic rings. The Morgan fingerprint density at radius 2 is 1.82 bits per heavy atom. The van der Waals surface area contributed by atoms with Gasteiger partial charge in [0.1, 0.15) is 0 Å². The van der Waals surface area contributed by atoms with Gasteiger partial charge in [0.05, 0.1) is 11.5 Å². The van der Waals surface area contributed by atoms with Crippen LogP contribution in [0.25, 0.3) is 0 Å². The molecule has 6 heteroatoms. The van der Waals surface area contributed by atoms with E-state index in [2.05, 4.69) is 0 Å². The lowest BCUT2D eigenvalue weighted by Crippen LogP contribution is -2.25. The van der Waals surface area contributed by atoms with Crippen molar-refractivity contribution in [2.45, 2.75) is 45.7 Å². The first-order valence-electron chi connectivity index (χ1n) is 7.49. The number of hydrogen-bond acceptors (Lipinski definition) is 2. The Hall–Kier alpha value is -1.59. The van der Waals surface area contributed by atoms with Gasteiger partial charge in [0.2, 0.25) is 6.54 Å². The third kappa shape index (κ3) is 4.71. The van der Waals surface area contributed by atoms with Gasteiger partial charge in [0, 0.05) is 4.92 Å². The van der Waals surface area contributed by atoms with Crippen LogP contribution in [-0.2, 0) is 6.18 Å². The Morgan fingerprint density at radius 1 is 1.23 bits per heavy atom. The van der Waals surface area contributed by atoms with Crippen LogP contribution in [0.2, 0.25) is 0 Å². The summed E-state index contributed by atoms with van der Waals surface area (Å²) in [6.45, 7) is 5.55. The fourth-order valence-corrected chi connectivity index (χ4v) is 3.04. The molecule has 1 aromatic rings. The minimum absolute atomic E-state index is 0.0520. The molecule has 0 fully saturated rings. The van der Waals surface area contributed by atoms with E-state index in [1.807, 2.05) is 20.8 Å². The minimum Gasteiger partial charge on any atom is -0.265 e. The number of rotatable bonds is 7. The van der Waals surface area contributed by atoms with E-state index in [1.54, 1.807) is 6.07 Å². The van der Waals surface area contributed by atoms with Crippen molar-refractivity contribution in [3.8, 4) is 0 Å². The Balaban J connectivity index is 3.19. The number of halogens is 3. The largest absolute Gasteiger partial charge is 0.416 e. The molecular formula is C16H22F3NO2. The molecule has 0 N–H and O–H groups in total. The number of benzene rings is 1. The van der Waals surface area contributed by atoms with Gasteiger partial charge in [-0.3, -0.25) is 10.1 Å². The molecule has 0 amide bonds. The fourth-order valence-electron chi connectivity index (χ4n) is 3.04. The van der Waals surface area contributed by atoms with E-state index in [1.165, 1.54) is 6.07 Å². The molecule has 1 aromatic carbocycles. The Kier molecular flexibility index (Phi) is 6.38. The molecule has 22 heavy (non-hydrogen) atoms. The quantitative estimate of drug-likeness (QED) is 0.516. The van der Waals surface area contributed by atoms with Crippen LogP contribution in [0, 0.1) is 22.0 Å². The molecule has 1 rings (SSSR count). The van der Waals surface area contributed by atoms with Gasteiger partial charge >= 0.3 is 6.18 Å². The van der Waals surface area contributed by atoms with E-state index in [-0.39, 0.29) is 18.4 Å². The molecule has 0 spiro atoms. The molecule has 0 bridgehead atoms. The first kappa shape index (κ1) is 18.5. The van der Waals surface area contributed by atoms with Crippen molar-refractivity contribution in [1.82, 2.24) is 0 Å². The summed E-state index contributed by atoms with van der Waals surface area (Å²) < 4.78 is 38.6.